The van der Waals surface area contributed by atoms with Crippen molar-refractivity contribution in [1.29, 1.82) is 0 Å². The second kappa shape index (κ2) is 6.93. The van der Waals surface area contributed by atoms with E-state index in [0.717, 1.165) is 19.3 Å². The average molecular weight is 426 g/mol. The Labute approximate surface area is 148 Å². The molecule has 0 aromatic rings. The maximum Gasteiger partial charge on any atom is 0.322 e. The lowest BCUT2D eigenvalue weighted by atomic mass is 9.65. The normalized spacial score (nSPS) is 29.8. The summed E-state index contributed by atoms with van der Waals surface area (Å²) in [5, 5.41) is 20.9. The number of ether oxygens (including phenoxy) is 1. The Kier molecular flexibility index (Phi) is 6.35. The van der Waals surface area contributed by atoms with Crippen LogP contribution in [0.2, 0.25) is 0 Å². The Bertz CT molecular complexity index is 392. The molecule has 1 aliphatic rings. The van der Waals surface area contributed by atoms with Crippen LogP contribution in [0.4, 0.5) is 0 Å². The third kappa shape index (κ3) is 5.06. The third-order valence-corrected chi connectivity index (χ3v) is 6.18. The number of carbonyl (C=O) groups is 1. The van der Waals surface area contributed by atoms with E-state index in [2.05, 4.69) is 22.6 Å². The van der Waals surface area contributed by atoms with E-state index in [4.69, 9.17) is 4.74 Å². The highest BCUT2D eigenvalue weighted by molar-refractivity contribution is 14.1. The molecule has 1 fully saturated rings. The minimum Gasteiger partial charge on any atom is -0.461 e. The lowest BCUT2D eigenvalue weighted by molar-refractivity contribution is -0.162. The Hall–Kier alpha value is 0.120. The smallest absolute Gasteiger partial charge is 0.322 e. The first-order valence-electron chi connectivity index (χ1n) is 8.13. The summed E-state index contributed by atoms with van der Waals surface area (Å²) in [7, 11) is 0. The van der Waals surface area contributed by atoms with Crippen LogP contribution in [0.5, 0.6) is 0 Å². The van der Waals surface area contributed by atoms with E-state index in [0.29, 0.717) is 6.42 Å². The van der Waals surface area contributed by atoms with Crippen LogP contribution < -0.4 is 0 Å². The highest BCUT2D eigenvalue weighted by atomic mass is 127. The fraction of sp³-hybridized carbons (Fsp3) is 0.941. The van der Waals surface area contributed by atoms with Crippen molar-refractivity contribution in [1.82, 2.24) is 0 Å². The second-order valence-electron chi connectivity index (χ2n) is 7.91. The summed E-state index contributed by atoms with van der Waals surface area (Å²) in [5.41, 5.74) is -1.75. The van der Waals surface area contributed by atoms with Gasteiger partial charge >= 0.3 is 5.97 Å². The molecule has 0 heterocycles. The molecule has 1 aliphatic carbocycles. The minimum atomic E-state index is -0.909. The summed E-state index contributed by atoms with van der Waals surface area (Å²) in [6.45, 7) is 11.0. The van der Waals surface area contributed by atoms with E-state index in [-0.39, 0.29) is 23.9 Å². The molecule has 0 saturated heterocycles. The molecule has 0 spiro atoms. The zero-order valence-electron chi connectivity index (χ0n) is 14.6. The van der Waals surface area contributed by atoms with E-state index < -0.39 is 14.6 Å². The molecule has 0 amide bonds. The van der Waals surface area contributed by atoms with Gasteiger partial charge in [0.05, 0.1) is 11.2 Å². The molecule has 0 aromatic carbocycles. The quantitative estimate of drug-likeness (QED) is 0.402. The van der Waals surface area contributed by atoms with Crippen molar-refractivity contribution in [3.8, 4) is 0 Å². The van der Waals surface area contributed by atoms with Crippen molar-refractivity contribution in [2.75, 3.05) is 0 Å². The fourth-order valence-corrected chi connectivity index (χ4v) is 3.41. The lowest BCUT2D eigenvalue weighted by Gasteiger charge is -2.46. The standard InChI is InChI=1S/C17H31IO4/c1-7-17(6,18)14(19)22-11-8-9-12(15(2,3)20)13(10-11)16(4,5)21/h11-13,20-21H,7-10H2,1-6H3. The molecule has 1 saturated carbocycles. The van der Waals surface area contributed by atoms with Crippen LogP contribution >= 0.6 is 22.6 Å². The van der Waals surface area contributed by atoms with Gasteiger partial charge in [-0.25, -0.2) is 0 Å². The van der Waals surface area contributed by atoms with Crippen molar-refractivity contribution in [2.45, 2.75) is 88.0 Å². The monoisotopic (exact) mass is 426 g/mol. The van der Waals surface area contributed by atoms with Gasteiger partial charge in [-0.05, 0) is 72.1 Å². The number of rotatable bonds is 5. The van der Waals surface area contributed by atoms with Crippen molar-refractivity contribution >= 4 is 28.6 Å². The molecule has 0 bridgehead atoms. The number of hydrogen-bond acceptors (Lipinski definition) is 4. The number of aliphatic hydroxyl groups is 2. The summed E-state index contributed by atoms with van der Waals surface area (Å²) < 4.78 is 5.19. The molecule has 4 unspecified atom stereocenters. The number of alkyl halides is 1. The van der Waals surface area contributed by atoms with E-state index in [1.165, 1.54) is 0 Å². The summed E-state index contributed by atoms with van der Waals surface area (Å²) in [6, 6.07) is 0. The molecule has 5 heteroatoms. The van der Waals surface area contributed by atoms with E-state index >= 15 is 0 Å². The fourth-order valence-electron chi connectivity index (χ4n) is 3.28. The molecule has 0 radical (unpaired) electrons. The van der Waals surface area contributed by atoms with Crippen molar-refractivity contribution in [3.05, 3.63) is 0 Å². The summed E-state index contributed by atoms with van der Waals surface area (Å²) >= 11 is 2.14. The van der Waals surface area contributed by atoms with Crippen LogP contribution in [0.1, 0.15) is 67.2 Å². The Morgan fingerprint density at radius 3 is 2.00 bits per heavy atom. The van der Waals surface area contributed by atoms with Gasteiger partial charge in [0.1, 0.15) is 9.53 Å². The largest absolute Gasteiger partial charge is 0.461 e. The Morgan fingerprint density at radius 2 is 1.59 bits per heavy atom. The molecule has 4 atom stereocenters. The topological polar surface area (TPSA) is 66.8 Å². The van der Waals surface area contributed by atoms with Crippen molar-refractivity contribution in [2.24, 2.45) is 11.8 Å². The number of halogens is 1. The molecule has 22 heavy (non-hydrogen) atoms. The van der Waals surface area contributed by atoms with Gasteiger partial charge < -0.3 is 14.9 Å². The first-order valence-corrected chi connectivity index (χ1v) is 9.21. The zero-order valence-corrected chi connectivity index (χ0v) is 16.8. The minimum absolute atomic E-state index is 0.000359. The average Bonchev–Trinajstić information content (AvgIpc) is 2.36. The lowest BCUT2D eigenvalue weighted by Crippen LogP contribution is -2.50. The number of carbonyl (C=O) groups excluding carboxylic acids is 1. The summed E-state index contributed by atoms with van der Waals surface area (Å²) in [6.07, 6.45) is 2.63. The zero-order chi connectivity index (χ0) is 17.3. The number of esters is 1. The molecule has 0 aliphatic heterocycles. The van der Waals surface area contributed by atoms with E-state index in [1.54, 1.807) is 27.7 Å². The highest BCUT2D eigenvalue weighted by Gasteiger charge is 2.46. The maximum absolute atomic E-state index is 12.3. The molecule has 2 N–H and O–H groups in total. The van der Waals surface area contributed by atoms with Crippen LogP contribution in [-0.2, 0) is 9.53 Å². The van der Waals surface area contributed by atoms with Crippen LogP contribution in [-0.4, -0.2) is 36.9 Å². The maximum atomic E-state index is 12.3. The molecule has 1 rings (SSSR count). The van der Waals surface area contributed by atoms with Crippen LogP contribution in [0.25, 0.3) is 0 Å². The first kappa shape index (κ1) is 20.2. The van der Waals surface area contributed by atoms with Gasteiger partial charge in [0.2, 0.25) is 0 Å². The van der Waals surface area contributed by atoms with Crippen LogP contribution in [0.15, 0.2) is 0 Å². The molecular weight excluding hydrogens is 395 g/mol. The predicted molar refractivity (Wildman–Crippen MR) is 96.0 cm³/mol. The molecule has 4 nitrogen and oxygen atoms in total. The van der Waals surface area contributed by atoms with Gasteiger partial charge in [-0.15, -0.1) is 0 Å². The van der Waals surface area contributed by atoms with Gasteiger partial charge in [-0.2, -0.15) is 0 Å². The van der Waals surface area contributed by atoms with Crippen LogP contribution in [0, 0.1) is 11.8 Å². The highest BCUT2D eigenvalue weighted by Crippen LogP contribution is 2.44. The van der Waals surface area contributed by atoms with E-state index in [1.807, 2.05) is 13.8 Å². The van der Waals surface area contributed by atoms with Gasteiger partial charge in [0, 0.05) is 0 Å². The van der Waals surface area contributed by atoms with E-state index in [9.17, 15) is 15.0 Å². The SMILES string of the molecule is CCC(C)(I)C(=O)OC1CCC(C(C)(C)O)C(C(C)(C)O)C1. The Balaban J connectivity index is 2.83. The van der Waals surface area contributed by atoms with Gasteiger partial charge in [-0.3, -0.25) is 4.79 Å². The van der Waals surface area contributed by atoms with Crippen molar-refractivity contribution in [3.63, 3.8) is 0 Å². The molecular formula is C17H31IO4. The van der Waals surface area contributed by atoms with Crippen molar-refractivity contribution < 1.29 is 19.7 Å². The van der Waals surface area contributed by atoms with Gasteiger partial charge in [0.15, 0.2) is 0 Å². The van der Waals surface area contributed by atoms with Gasteiger partial charge in [-0.1, -0.05) is 29.5 Å². The molecule has 130 valence electrons. The summed E-state index contributed by atoms with van der Waals surface area (Å²) in [4.78, 5) is 12.3. The number of hydrogen-bond donors (Lipinski definition) is 2. The van der Waals surface area contributed by atoms with Gasteiger partial charge in [0.25, 0.3) is 0 Å². The Morgan fingerprint density at radius 1 is 1.09 bits per heavy atom. The van der Waals surface area contributed by atoms with Crippen LogP contribution in [0.3, 0.4) is 0 Å². The third-order valence-electron chi connectivity index (χ3n) is 4.98. The first-order chi connectivity index (χ1) is 9.79. The predicted octanol–water partition coefficient (Wildman–Crippen LogP) is 3.46. The summed E-state index contributed by atoms with van der Waals surface area (Å²) in [5.74, 6) is -0.280. The second-order valence-corrected chi connectivity index (χ2v) is 10.3. The molecule has 0 aromatic heterocycles.